The van der Waals surface area contributed by atoms with Crippen LogP contribution in [0.2, 0.25) is 0 Å². The number of aliphatic hydroxyl groups is 1. The molecule has 2 atom stereocenters. The third-order valence-corrected chi connectivity index (χ3v) is 3.34. The number of amides is 1. The number of hydrogen-bond donors (Lipinski definition) is 2. The van der Waals surface area contributed by atoms with Crippen LogP contribution in [0.15, 0.2) is 18.2 Å². The Balaban J connectivity index is 1.62. The number of carbonyl (C=O) groups excluding carboxylic acids is 1. The van der Waals surface area contributed by atoms with Crippen molar-refractivity contribution in [3.63, 3.8) is 0 Å². The Morgan fingerprint density at radius 3 is 3.17 bits per heavy atom. The molecule has 0 saturated carbocycles. The lowest BCUT2D eigenvalue weighted by Crippen LogP contribution is -2.21. The quantitative estimate of drug-likeness (QED) is 0.843. The molecule has 3 rings (SSSR count). The van der Waals surface area contributed by atoms with Crippen molar-refractivity contribution in [1.82, 2.24) is 5.32 Å². The highest BCUT2D eigenvalue weighted by atomic mass is 16.6. The Hall–Kier alpha value is -1.75. The van der Waals surface area contributed by atoms with Crippen LogP contribution in [0, 0.1) is 0 Å². The number of fused-ring (bicyclic) bond motifs is 1. The number of carbonyl (C=O) groups is 1. The number of ether oxygens (including phenoxy) is 2. The van der Waals surface area contributed by atoms with E-state index in [4.69, 9.17) is 9.47 Å². The predicted molar refractivity (Wildman–Crippen MR) is 63.5 cm³/mol. The van der Waals surface area contributed by atoms with E-state index >= 15 is 0 Å². The molecule has 96 valence electrons. The zero-order valence-corrected chi connectivity index (χ0v) is 9.89. The second kappa shape index (κ2) is 4.49. The monoisotopic (exact) mass is 249 g/mol. The van der Waals surface area contributed by atoms with Gasteiger partial charge in [0.2, 0.25) is 0 Å². The lowest BCUT2D eigenvalue weighted by Gasteiger charge is -2.11. The van der Waals surface area contributed by atoms with E-state index < -0.39 is 0 Å². The molecule has 0 spiro atoms. The summed E-state index contributed by atoms with van der Waals surface area (Å²) in [5.41, 5.74) is 2.14. The van der Waals surface area contributed by atoms with Gasteiger partial charge in [-0.15, -0.1) is 0 Å². The molecule has 1 saturated heterocycles. The van der Waals surface area contributed by atoms with Crippen LogP contribution in [0.4, 0.5) is 4.79 Å². The summed E-state index contributed by atoms with van der Waals surface area (Å²) in [4.78, 5) is 10.8. The molecule has 1 aromatic carbocycles. The van der Waals surface area contributed by atoms with Crippen LogP contribution < -0.4 is 10.1 Å². The summed E-state index contributed by atoms with van der Waals surface area (Å²) in [7, 11) is 0. The molecule has 0 bridgehead atoms. The normalized spacial score (nSPS) is 25.5. The van der Waals surface area contributed by atoms with Crippen molar-refractivity contribution in [3.05, 3.63) is 29.3 Å². The molecule has 1 fully saturated rings. The van der Waals surface area contributed by atoms with Crippen LogP contribution in [0.3, 0.4) is 0 Å². The third kappa shape index (κ3) is 2.13. The summed E-state index contributed by atoms with van der Waals surface area (Å²) < 4.78 is 10.6. The Labute approximate surface area is 105 Å². The van der Waals surface area contributed by atoms with E-state index in [0.717, 1.165) is 29.7 Å². The fraction of sp³-hybridized carbons (Fsp3) is 0.462. The summed E-state index contributed by atoms with van der Waals surface area (Å²) in [5, 5.41) is 12.3. The number of benzene rings is 1. The Morgan fingerprint density at radius 2 is 2.39 bits per heavy atom. The number of nitrogens with one attached hydrogen (secondary N) is 1. The van der Waals surface area contributed by atoms with Crippen molar-refractivity contribution in [2.24, 2.45) is 0 Å². The third-order valence-electron chi connectivity index (χ3n) is 3.34. The van der Waals surface area contributed by atoms with Gasteiger partial charge in [-0.2, -0.15) is 0 Å². The second-order valence-corrected chi connectivity index (χ2v) is 4.63. The molecule has 0 radical (unpaired) electrons. The van der Waals surface area contributed by atoms with Gasteiger partial charge in [-0.25, -0.2) is 4.79 Å². The van der Waals surface area contributed by atoms with Crippen molar-refractivity contribution < 1.29 is 19.4 Å². The topological polar surface area (TPSA) is 67.8 Å². The second-order valence-electron chi connectivity index (χ2n) is 4.63. The van der Waals surface area contributed by atoms with Crippen molar-refractivity contribution >= 4 is 6.09 Å². The molecule has 5 heteroatoms. The largest absolute Gasteiger partial charge is 0.490 e. The molecule has 1 amide bonds. The predicted octanol–water partition coefficient (Wildman–Crippen LogP) is 1.15. The van der Waals surface area contributed by atoms with Crippen LogP contribution >= 0.6 is 0 Å². The number of hydrogen-bond acceptors (Lipinski definition) is 4. The zero-order chi connectivity index (χ0) is 12.5. The van der Waals surface area contributed by atoms with E-state index in [1.807, 2.05) is 18.2 Å². The SMILES string of the molecule is O=C1NCC(COc2ccc3c(c2)CC[C@H]3O)O1. The highest BCUT2D eigenvalue weighted by molar-refractivity contribution is 5.69. The molecular weight excluding hydrogens is 234 g/mol. The van der Waals surface area contributed by atoms with E-state index in [9.17, 15) is 9.90 Å². The van der Waals surface area contributed by atoms with E-state index in [1.54, 1.807) is 0 Å². The van der Waals surface area contributed by atoms with Gasteiger partial charge in [0.15, 0.2) is 6.10 Å². The number of cyclic esters (lactones) is 1. The Morgan fingerprint density at radius 1 is 1.50 bits per heavy atom. The number of aryl methyl sites for hydroxylation is 1. The van der Waals surface area contributed by atoms with Gasteiger partial charge in [-0.1, -0.05) is 6.07 Å². The summed E-state index contributed by atoms with van der Waals surface area (Å²) in [6.45, 7) is 0.836. The first kappa shape index (κ1) is 11.3. The summed E-state index contributed by atoms with van der Waals surface area (Å²) in [6, 6.07) is 5.70. The summed E-state index contributed by atoms with van der Waals surface area (Å²) >= 11 is 0. The van der Waals surface area contributed by atoms with Gasteiger partial charge in [0.25, 0.3) is 0 Å². The van der Waals surface area contributed by atoms with Gasteiger partial charge in [-0.05, 0) is 36.1 Å². The molecule has 1 aliphatic heterocycles. The smallest absolute Gasteiger partial charge is 0.407 e. The maximum Gasteiger partial charge on any atom is 0.407 e. The molecule has 18 heavy (non-hydrogen) atoms. The fourth-order valence-corrected chi connectivity index (χ4v) is 2.38. The molecule has 0 aromatic heterocycles. The molecule has 1 aliphatic carbocycles. The number of rotatable bonds is 3. The Bertz CT molecular complexity index is 474. The lowest BCUT2D eigenvalue weighted by atomic mass is 10.1. The highest BCUT2D eigenvalue weighted by Gasteiger charge is 2.24. The van der Waals surface area contributed by atoms with Crippen LogP contribution in [0.25, 0.3) is 0 Å². The minimum absolute atomic E-state index is 0.226. The lowest BCUT2D eigenvalue weighted by molar-refractivity contribution is 0.105. The first-order chi connectivity index (χ1) is 8.72. The van der Waals surface area contributed by atoms with Crippen LogP contribution in [-0.2, 0) is 11.2 Å². The van der Waals surface area contributed by atoms with Crippen molar-refractivity contribution in [2.75, 3.05) is 13.2 Å². The average molecular weight is 249 g/mol. The zero-order valence-electron chi connectivity index (χ0n) is 9.89. The van der Waals surface area contributed by atoms with Crippen LogP contribution in [-0.4, -0.2) is 30.5 Å². The van der Waals surface area contributed by atoms with Gasteiger partial charge in [-0.3, -0.25) is 0 Å². The van der Waals surface area contributed by atoms with Gasteiger partial charge in [0.1, 0.15) is 12.4 Å². The maximum absolute atomic E-state index is 10.8. The van der Waals surface area contributed by atoms with Crippen molar-refractivity contribution in [3.8, 4) is 5.75 Å². The summed E-state index contributed by atoms with van der Waals surface area (Å²) in [5.74, 6) is 0.755. The Kier molecular flexibility index (Phi) is 2.83. The molecule has 2 aliphatic rings. The molecule has 1 heterocycles. The molecule has 2 N–H and O–H groups in total. The molecular formula is C13H15NO4. The van der Waals surface area contributed by atoms with E-state index in [0.29, 0.717) is 13.2 Å². The standard InChI is InChI=1S/C13H15NO4/c15-12-4-1-8-5-9(2-3-11(8)12)17-7-10-6-14-13(16)18-10/h2-3,5,10,12,15H,1,4,6-7H2,(H,14,16)/t10?,12-/m1/s1. The number of aliphatic hydroxyl groups excluding tert-OH is 1. The van der Waals surface area contributed by atoms with Gasteiger partial charge < -0.3 is 19.9 Å². The van der Waals surface area contributed by atoms with E-state index in [2.05, 4.69) is 5.32 Å². The van der Waals surface area contributed by atoms with Gasteiger partial charge in [0.05, 0.1) is 12.6 Å². The first-order valence-corrected chi connectivity index (χ1v) is 6.10. The van der Waals surface area contributed by atoms with Crippen LogP contribution in [0.1, 0.15) is 23.7 Å². The molecule has 5 nitrogen and oxygen atoms in total. The average Bonchev–Trinajstić information content (AvgIpc) is 2.94. The van der Waals surface area contributed by atoms with Gasteiger partial charge >= 0.3 is 6.09 Å². The molecule has 1 aromatic rings. The van der Waals surface area contributed by atoms with E-state index in [1.165, 1.54) is 0 Å². The first-order valence-electron chi connectivity index (χ1n) is 6.10. The maximum atomic E-state index is 10.8. The number of alkyl carbamates (subject to hydrolysis) is 1. The van der Waals surface area contributed by atoms with Crippen LogP contribution in [0.5, 0.6) is 5.75 Å². The summed E-state index contributed by atoms with van der Waals surface area (Å²) in [6.07, 6.45) is 0.711. The minimum atomic E-state index is -0.388. The van der Waals surface area contributed by atoms with Crippen molar-refractivity contribution in [2.45, 2.75) is 25.0 Å². The fourth-order valence-electron chi connectivity index (χ4n) is 2.38. The van der Waals surface area contributed by atoms with Gasteiger partial charge in [0, 0.05) is 0 Å². The van der Waals surface area contributed by atoms with E-state index in [-0.39, 0.29) is 18.3 Å². The highest BCUT2D eigenvalue weighted by Crippen LogP contribution is 2.33. The molecule has 1 unspecified atom stereocenters. The van der Waals surface area contributed by atoms with Crippen molar-refractivity contribution in [1.29, 1.82) is 0 Å². The minimum Gasteiger partial charge on any atom is -0.490 e.